The number of hydrogen-bond donors (Lipinski definition) is 0. The summed E-state index contributed by atoms with van der Waals surface area (Å²) >= 11 is 0. The van der Waals surface area contributed by atoms with Gasteiger partial charge in [-0.2, -0.15) is 0 Å². The molecule has 0 bridgehead atoms. The minimum atomic E-state index is -0.0850. The molecule has 1 saturated carbocycles. The molecule has 1 aliphatic carbocycles. The summed E-state index contributed by atoms with van der Waals surface area (Å²) in [6, 6.07) is 5.83. The SMILES string of the molecule is CC(C)=CC1C(C(=O)OCCc2ccc3c(c2)OCO3)C1(C)C. The molecule has 23 heavy (non-hydrogen) atoms. The number of fused-ring (bicyclic) bond motifs is 1. The summed E-state index contributed by atoms with van der Waals surface area (Å²) in [6.45, 7) is 9.05. The van der Waals surface area contributed by atoms with E-state index >= 15 is 0 Å². The van der Waals surface area contributed by atoms with Gasteiger partial charge in [-0.3, -0.25) is 4.79 Å². The van der Waals surface area contributed by atoms with Gasteiger partial charge in [0.15, 0.2) is 11.5 Å². The van der Waals surface area contributed by atoms with Crippen LogP contribution in [0, 0.1) is 17.3 Å². The highest BCUT2D eigenvalue weighted by Gasteiger charge is 2.61. The van der Waals surface area contributed by atoms with Crippen LogP contribution in [0.2, 0.25) is 0 Å². The molecule has 2 aliphatic rings. The molecule has 0 saturated heterocycles. The van der Waals surface area contributed by atoms with Gasteiger partial charge in [-0.25, -0.2) is 0 Å². The van der Waals surface area contributed by atoms with E-state index in [-0.39, 0.29) is 24.1 Å². The number of esters is 1. The molecule has 1 aliphatic heterocycles. The van der Waals surface area contributed by atoms with Gasteiger partial charge in [0.25, 0.3) is 0 Å². The van der Waals surface area contributed by atoms with Crippen molar-refractivity contribution in [2.24, 2.45) is 17.3 Å². The van der Waals surface area contributed by atoms with E-state index in [0.29, 0.717) is 18.9 Å². The van der Waals surface area contributed by atoms with Crippen LogP contribution >= 0.6 is 0 Å². The highest BCUT2D eigenvalue weighted by molar-refractivity contribution is 5.78. The summed E-state index contributed by atoms with van der Waals surface area (Å²) in [5, 5.41) is 0. The molecule has 1 fully saturated rings. The monoisotopic (exact) mass is 316 g/mol. The second-order valence-corrected chi connectivity index (χ2v) is 7.17. The average molecular weight is 316 g/mol. The van der Waals surface area contributed by atoms with Gasteiger partial charge in [0.05, 0.1) is 12.5 Å². The lowest BCUT2D eigenvalue weighted by molar-refractivity contribution is -0.146. The predicted molar refractivity (Wildman–Crippen MR) is 87.4 cm³/mol. The topological polar surface area (TPSA) is 44.8 Å². The van der Waals surface area contributed by atoms with Crippen molar-refractivity contribution in [1.82, 2.24) is 0 Å². The number of rotatable bonds is 5. The van der Waals surface area contributed by atoms with Crippen molar-refractivity contribution in [3.8, 4) is 11.5 Å². The van der Waals surface area contributed by atoms with Crippen LogP contribution in [0.1, 0.15) is 33.3 Å². The summed E-state index contributed by atoms with van der Waals surface area (Å²) in [7, 11) is 0. The number of carbonyl (C=O) groups excluding carboxylic acids is 1. The minimum absolute atomic E-state index is 0.00705. The molecule has 124 valence electrons. The summed E-state index contributed by atoms with van der Waals surface area (Å²) in [6.07, 6.45) is 2.87. The second kappa shape index (κ2) is 5.91. The molecule has 2 unspecified atom stereocenters. The van der Waals surface area contributed by atoms with Gasteiger partial charge in [-0.05, 0) is 42.9 Å². The molecule has 1 heterocycles. The molecule has 1 aromatic carbocycles. The van der Waals surface area contributed by atoms with E-state index in [1.54, 1.807) is 0 Å². The van der Waals surface area contributed by atoms with E-state index in [9.17, 15) is 4.79 Å². The third kappa shape index (κ3) is 3.21. The molecule has 4 heteroatoms. The molecular weight excluding hydrogens is 292 g/mol. The molecule has 0 aromatic heterocycles. The van der Waals surface area contributed by atoms with Crippen LogP contribution in [0.3, 0.4) is 0 Å². The average Bonchev–Trinajstić information content (AvgIpc) is 2.85. The van der Waals surface area contributed by atoms with Crippen LogP contribution in [0.15, 0.2) is 29.8 Å². The number of hydrogen-bond acceptors (Lipinski definition) is 4. The lowest BCUT2D eigenvalue weighted by Gasteiger charge is -2.06. The molecule has 0 radical (unpaired) electrons. The zero-order chi connectivity index (χ0) is 16.6. The molecule has 0 spiro atoms. The standard InChI is InChI=1S/C19H24O4/c1-12(2)9-14-17(19(14,3)4)18(20)21-8-7-13-5-6-15-16(10-13)23-11-22-15/h5-6,9-10,14,17H,7-8,11H2,1-4H3. The van der Waals surface area contributed by atoms with Crippen molar-refractivity contribution in [2.45, 2.75) is 34.1 Å². The Labute approximate surface area is 137 Å². The Balaban J connectivity index is 1.51. The van der Waals surface area contributed by atoms with Crippen LogP contribution in [-0.2, 0) is 16.0 Å². The quantitative estimate of drug-likeness (QED) is 0.613. The summed E-state index contributed by atoms with van der Waals surface area (Å²) in [4.78, 5) is 12.3. The second-order valence-electron chi connectivity index (χ2n) is 7.17. The number of allylic oxidation sites excluding steroid dienone is 2. The van der Waals surface area contributed by atoms with Gasteiger partial charge >= 0.3 is 5.97 Å². The van der Waals surface area contributed by atoms with Crippen LogP contribution in [0.4, 0.5) is 0 Å². The maximum atomic E-state index is 12.3. The maximum absolute atomic E-state index is 12.3. The van der Waals surface area contributed by atoms with E-state index in [4.69, 9.17) is 14.2 Å². The lowest BCUT2D eigenvalue weighted by Crippen LogP contribution is -2.12. The molecule has 4 nitrogen and oxygen atoms in total. The Morgan fingerprint density at radius 3 is 2.78 bits per heavy atom. The first-order chi connectivity index (χ1) is 10.9. The molecular formula is C19H24O4. The third-order valence-electron chi connectivity index (χ3n) is 4.75. The van der Waals surface area contributed by atoms with Crippen molar-refractivity contribution in [3.63, 3.8) is 0 Å². The minimum Gasteiger partial charge on any atom is -0.465 e. The van der Waals surface area contributed by atoms with E-state index in [1.165, 1.54) is 5.57 Å². The molecule has 2 atom stereocenters. The third-order valence-corrected chi connectivity index (χ3v) is 4.75. The van der Waals surface area contributed by atoms with Crippen LogP contribution in [-0.4, -0.2) is 19.4 Å². The van der Waals surface area contributed by atoms with Gasteiger partial charge < -0.3 is 14.2 Å². The predicted octanol–water partition coefficient (Wildman–Crippen LogP) is 3.74. The van der Waals surface area contributed by atoms with Crippen molar-refractivity contribution in [3.05, 3.63) is 35.4 Å². The fourth-order valence-electron chi connectivity index (χ4n) is 3.25. The first-order valence-electron chi connectivity index (χ1n) is 8.10. The van der Waals surface area contributed by atoms with Crippen molar-refractivity contribution in [1.29, 1.82) is 0 Å². The fraction of sp³-hybridized carbons (Fsp3) is 0.526. The lowest BCUT2D eigenvalue weighted by atomic mass is 10.1. The summed E-state index contributed by atoms with van der Waals surface area (Å²) < 4.78 is 16.1. The van der Waals surface area contributed by atoms with E-state index in [2.05, 4.69) is 33.8 Å². The normalized spacial score (nSPS) is 23.3. The summed E-state index contributed by atoms with van der Waals surface area (Å²) in [5.41, 5.74) is 2.34. The zero-order valence-corrected chi connectivity index (χ0v) is 14.2. The zero-order valence-electron chi connectivity index (χ0n) is 14.2. The van der Waals surface area contributed by atoms with Crippen LogP contribution in [0.25, 0.3) is 0 Å². The Hall–Kier alpha value is -1.97. The fourth-order valence-corrected chi connectivity index (χ4v) is 3.25. The van der Waals surface area contributed by atoms with Gasteiger partial charge in [0, 0.05) is 6.42 Å². The molecule has 0 amide bonds. The Morgan fingerprint density at radius 1 is 1.30 bits per heavy atom. The Morgan fingerprint density at radius 2 is 2.04 bits per heavy atom. The van der Waals surface area contributed by atoms with Crippen molar-refractivity contribution in [2.75, 3.05) is 13.4 Å². The largest absolute Gasteiger partial charge is 0.465 e. The molecule has 0 N–H and O–H groups in total. The van der Waals surface area contributed by atoms with E-state index in [1.807, 2.05) is 18.2 Å². The highest BCUT2D eigenvalue weighted by atomic mass is 16.7. The van der Waals surface area contributed by atoms with E-state index < -0.39 is 0 Å². The maximum Gasteiger partial charge on any atom is 0.310 e. The van der Waals surface area contributed by atoms with E-state index in [0.717, 1.165) is 17.1 Å². The Bertz CT molecular complexity index is 641. The van der Waals surface area contributed by atoms with Gasteiger partial charge in [0.2, 0.25) is 6.79 Å². The number of carbonyl (C=O) groups is 1. The van der Waals surface area contributed by atoms with Gasteiger partial charge in [-0.1, -0.05) is 31.6 Å². The van der Waals surface area contributed by atoms with Crippen molar-refractivity contribution >= 4 is 5.97 Å². The molecule has 1 aromatic rings. The number of ether oxygens (including phenoxy) is 3. The number of benzene rings is 1. The molecule has 3 rings (SSSR count). The Kier molecular flexibility index (Phi) is 4.09. The smallest absolute Gasteiger partial charge is 0.310 e. The summed E-state index contributed by atoms with van der Waals surface area (Å²) in [5.74, 6) is 1.73. The first-order valence-corrected chi connectivity index (χ1v) is 8.10. The highest BCUT2D eigenvalue weighted by Crippen LogP contribution is 2.59. The van der Waals surface area contributed by atoms with Gasteiger partial charge in [0.1, 0.15) is 0 Å². The first kappa shape index (κ1) is 15.9. The van der Waals surface area contributed by atoms with Crippen LogP contribution in [0.5, 0.6) is 11.5 Å². The van der Waals surface area contributed by atoms with Crippen LogP contribution < -0.4 is 9.47 Å². The van der Waals surface area contributed by atoms with Crippen molar-refractivity contribution < 1.29 is 19.0 Å². The van der Waals surface area contributed by atoms with Gasteiger partial charge in [-0.15, -0.1) is 0 Å².